The summed E-state index contributed by atoms with van der Waals surface area (Å²) in [7, 11) is 0. The number of anilines is 1. The first kappa shape index (κ1) is 18.5. The fourth-order valence-electron chi connectivity index (χ4n) is 4.27. The van der Waals surface area contributed by atoms with Crippen molar-refractivity contribution in [1.82, 2.24) is 29.9 Å². The first-order chi connectivity index (χ1) is 14.6. The van der Waals surface area contributed by atoms with E-state index in [4.69, 9.17) is 12.2 Å². The lowest BCUT2D eigenvalue weighted by Gasteiger charge is -2.28. The third kappa shape index (κ3) is 2.96. The molecule has 0 amide bonds. The third-order valence-electron chi connectivity index (χ3n) is 5.52. The number of benzene rings is 1. The van der Waals surface area contributed by atoms with Crippen LogP contribution in [-0.2, 0) is 0 Å². The molecule has 0 bridgehead atoms. The van der Waals surface area contributed by atoms with Gasteiger partial charge >= 0.3 is 0 Å². The SMILES string of the molecule is Cc1cc([C@H]2[C@@H](c3ccccn3)NC(=S)N2c2ccccc2)c(C)n1-n1cnnc1. The highest BCUT2D eigenvalue weighted by molar-refractivity contribution is 7.80. The minimum atomic E-state index is -0.0752. The average molecular weight is 416 g/mol. The van der Waals surface area contributed by atoms with E-state index in [2.05, 4.69) is 62.1 Å². The van der Waals surface area contributed by atoms with Gasteiger partial charge in [-0.3, -0.25) is 9.66 Å². The van der Waals surface area contributed by atoms with Gasteiger partial charge in [0, 0.05) is 28.8 Å². The number of aromatic nitrogens is 5. The quantitative estimate of drug-likeness (QED) is 0.514. The normalized spacial score (nSPS) is 18.6. The van der Waals surface area contributed by atoms with Gasteiger partial charge in [0.05, 0.1) is 17.8 Å². The van der Waals surface area contributed by atoms with Crippen LogP contribution in [-0.4, -0.2) is 29.6 Å². The molecule has 0 unspecified atom stereocenters. The van der Waals surface area contributed by atoms with Crippen molar-refractivity contribution in [2.24, 2.45) is 0 Å². The van der Waals surface area contributed by atoms with Crippen LogP contribution >= 0.6 is 12.2 Å². The van der Waals surface area contributed by atoms with E-state index in [0.29, 0.717) is 5.11 Å². The molecule has 0 aliphatic carbocycles. The number of para-hydroxylation sites is 1. The minimum absolute atomic E-state index is 0.0498. The van der Waals surface area contributed by atoms with Gasteiger partial charge in [0.25, 0.3) is 0 Å². The van der Waals surface area contributed by atoms with Crippen molar-refractivity contribution in [2.45, 2.75) is 25.9 Å². The highest BCUT2D eigenvalue weighted by atomic mass is 32.1. The number of rotatable bonds is 4. The molecule has 150 valence electrons. The maximum Gasteiger partial charge on any atom is 0.174 e. The van der Waals surface area contributed by atoms with Crippen LogP contribution in [0.15, 0.2) is 73.4 Å². The van der Waals surface area contributed by atoms with E-state index < -0.39 is 0 Å². The standard InChI is InChI=1S/C22H21N7S/c1-15-12-18(16(2)29(15)27-13-24-25-14-27)21-20(19-10-6-7-11-23-19)26-22(30)28(21)17-8-4-3-5-9-17/h3-14,20-21H,1-2H3,(H,26,30)/t20-,21+/m1/s1. The second-order valence-corrected chi connectivity index (χ2v) is 7.70. The number of hydrogen-bond acceptors (Lipinski definition) is 4. The fraction of sp³-hybridized carbons (Fsp3) is 0.182. The average Bonchev–Trinajstić information content (AvgIpc) is 3.47. The van der Waals surface area contributed by atoms with Crippen LogP contribution in [0.1, 0.15) is 34.7 Å². The Balaban J connectivity index is 1.69. The molecule has 4 aromatic rings. The first-order valence-corrected chi connectivity index (χ1v) is 10.2. The van der Waals surface area contributed by atoms with Crippen LogP contribution in [0.5, 0.6) is 0 Å². The van der Waals surface area contributed by atoms with Crippen LogP contribution in [0.25, 0.3) is 0 Å². The molecule has 1 fully saturated rings. The molecule has 5 rings (SSSR count). The molecule has 3 aromatic heterocycles. The second kappa shape index (κ2) is 7.38. The predicted molar refractivity (Wildman–Crippen MR) is 119 cm³/mol. The summed E-state index contributed by atoms with van der Waals surface area (Å²) in [5.74, 6) is 0. The molecule has 1 saturated heterocycles. The summed E-state index contributed by atoms with van der Waals surface area (Å²) in [6, 6.07) is 18.3. The van der Waals surface area contributed by atoms with E-state index in [9.17, 15) is 0 Å². The Morgan fingerprint density at radius 1 is 0.967 bits per heavy atom. The van der Waals surface area contributed by atoms with Gasteiger partial charge in [-0.2, -0.15) is 0 Å². The van der Waals surface area contributed by atoms with E-state index in [1.54, 1.807) is 12.7 Å². The Hall–Kier alpha value is -3.52. The zero-order chi connectivity index (χ0) is 20.7. The second-order valence-electron chi connectivity index (χ2n) is 7.31. The molecular formula is C22H21N7S. The van der Waals surface area contributed by atoms with Crippen molar-refractivity contribution in [3.8, 4) is 0 Å². The molecule has 1 N–H and O–H groups in total. The van der Waals surface area contributed by atoms with Crippen LogP contribution in [0.2, 0.25) is 0 Å². The first-order valence-electron chi connectivity index (χ1n) is 9.75. The van der Waals surface area contributed by atoms with Gasteiger partial charge in [0.1, 0.15) is 12.7 Å². The number of nitrogens with one attached hydrogen (secondary N) is 1. The molecule has 4 heterocycles. The minimum Gasteiger partial charge on any atom is -0.351 e. The topological polar surface area (TPSA) is 63.8 Å². The van der Waals surface area contributed by atoms with Gasteiger partial charge in [0.15, 0.2) is 5.11 Å². The zero-order valence-electron chi connectivity index (χ0n) is 16.7. The third-order valence-corrected chi connectivity index (χ3v) is 5.84. The number of pyridine rings is 1. The highest BCUT2D eigenvalue weighted by Gasteiger charge is 2.42. The van der Waals surface area contributed by atoms with Crippen LogP contribution in [0.3, 0.4) is 0 Å². The lowest BCUT2D eigenvalue weighted by atomic mass is 9.96. The Morgan fingerprint density at radius 2 is 1.70 bits per heavy atom. The summed E-state index contributed by atoms with van der Waals surface area (Å²) >= 11 is 5.79. The lowest BCUT2D eigenvalue weighted by molar-refractivity contribution is 0.557. The largest absolute Gasteiger partial charge is 0.351 e. The van der Waals surface area contributed by atoms with E-state index in [0.717, 1.165) is 22.8 Å². The summed E-state index contributed by atoms with van der Waals surface area (Å²) in [6.07, 6.45) is 5.22. The number of aryl methyl sites for hydroxylation is 1. The van der Waals surface area contributed by atoms with Crippen molar-refractivity contribution in [1.29, 1.82) is 0 Å². The predicted octanol–water partition coefficient (Wildman–Crippen LogP) is 3.58. The Bertz CT molecular complexity index is 1170. The molecule has 30 heavy (non-hydrogen) atoms. The molecule has 1 aromatic carbocycles. The monoisotopic (exact) mass is 415 g/mol. The van der Waals surface area contributed by atoms with Crippen molar-refractivity contribution < 1.29 is 0 Å². The smallest absolute Gasteiger partial charge is 0.174 e. The molecule has 7 nitrogen and oxygen atoms in total. The highest BCUT2D eigenvalue weighted by Crippen LogP contribution is 2.43. The van der Waals surface area contributed by atoms with Crippen LogP contribution < -0.4 is 10.2 Å². The van der Waals surface area contributed by atoms with Crippen molar-refractivity contribution in [3.05, 3.63) is 96.1 Å². The van der Waals surface area contributed by atoms with Crippen LogP contribution in [0.4, 0.5) is 5.69 Å². The molecule has 0 radical (unpaired) electrons. The molecule has 8 heteroatoms. The Labute approximate surface area is 180 Å². The molecule has 0 saturated carbocycles. The lowest BCUT2D eigenvalue weighted by Crippen LogP contribution is -2.29. The number of hydrogen-bond donors (Lipinski definition) is 1. The molecule has 1 aliphatic rings. The molecule has 1 aliphatic heterocycles. The molecule has 2 atom stereocenters. The van der Waals surface area contributed by atoms with Gasteiger partial charge in [-0.1, -0.05) is 24.3 Å². The molecular weight excluding hydrogens is 394 g/mol. The summed E-state index contributed by atoms with van der Waals surface area (Å²) in [5.41, 5.74) is 5.37. The van der Waals surface area contributed by atoms with Crippen LogP contribution in [0, 0.1) is 13.8 Å². The van der Waals surface area contributed by atoms with Gasteiger partial charge in [-0.05, 0) is 56.4 Å². The van der Waals surface area contributed by atoms with Gasteiger partial charge in [0.2, 0.25) is 0 Å². The van der Waals surface area contributed by atoms with Gasteiger partial charge < -0.3 is 10.2 Å². The van der Waals surface area contributed by atoms with E-state index >= 15 is 0 Å². The fourth-order valence-corrected chi connectivity index (χ4v) is 4.61. The van der Waals surface area contributed by atoms with Crippen molar-refractivity contribution in [3.63, 3.8) is 0 Å². The number of thiocarbonyl (C=S) groups is 1. The summed E-state index contributed by atoms with van der Waals surface area (Å²) < 4.78 is 3.99. The molecule has 0 spiro atoms. The van der Waals surface area contributed by atoms with Gasteiger partial charge in [-0.25, -0.2) is 4.68 Å². The van der Waals surface area contributed by atoms with Crippen molar-refractivity contribution in [2.75, 3.05) is 4.90 Å². The maximum absolute atomic E-state index is 5.79. The van der Waals surface area contributed by atoms with Gasteiger partial charge in [-0.15, -0.1) is 10.2 Å². The zero-order valence-corrected chi connectivity index (χ0v) is 17.5. The Morgan fingerprint density at radius 3 is 2.40 bits per heavy atom. The van der Waals surface area contributed by atoms with Crippen molar-refractivity contribution >= 4 is 23.0 Å². The maximum atomic E-state index is 5.79. The van der Waals surface area contributed by atoms with E-state index in [1.165, 1.54) is 5.56 Å². The summed E-state index contributed by atoms with van der Waals surface area (Å²) in [4.78, 5) is 6.81. The summed E-state index contributed by atoms with van der Waals surface area (Å²) in [6.45, 7) is 4.20. The van der Waals surface area contributed by atoms with E-state index in [1.807, 2.05) is 47.3 Å². The Kier molecular flexibility index (Phi) is 4.55. The number of nitrogens with zero attached hydrogens (tertiary/aromatic N) is 6. The summed E-state index contributed by atoms with van der Waals surface area (Å²) in [5, 5.41) is 12.1. The van der Waals surface area contributed by atoms with E-state index in [-0.39, 0.29) is 12.1 Å².